The van der Waals surface area contributed by atoms with E-state index in [1.165, 1.54) is 0 Å². The molecule has 0 unspecified atom stereocenters. The number of hydrogen-bond donors (Lipinski definition) is 0. The Labute approximate surface area is 153 Å². The van der Waals surface area contributed by atoms with Gasteiger partial charge in [-0.1, -0.05) is 5.16 Å². The summed E-state index contributed by atoms with van der Waals surface area (Å²) >= 11 is 0. The Kier molecular flexibility index (Phi) is 3.98. The summed E-state index contributed by atoms with van der Waals surface area (Å²) in [6.07, 6.45) is 0. The number of rotatable bonds is 4. The molecule has 9 nitrogen and oxygen atoms in total. The van der Waals surface area contributed by atoms with Crippen molar-refractivity contribution in [3.8, 4) is 11.3 Å². The SMILES string of the molecule is Cc1cc(-c2cc(C(=O)OCc3nnc(C)o3)c3c(C)noc3n2)c(C)o1. The first-order valence-corrected chi connectivity index (χ1v) is 8.23. The summed E-state index contributed by atoms with van der Waals surface area (Å²) in [6, 6.07) is 3.49. The van der Waals surface area contributed by atoms with Gasteiger partial charge in [-0.05, 0) is 32.9 Å². The van der Waals surface area contributed by atoms with Gasteiger partial charge in [0.1, 0.15) is 11.5 Å². The standard InChI is InChI=1S/C18H16N4O5/c1-8-5-12(10(3)25-8)14-6-13(16-9(2)22-27-17(16)19-14)18(23)24-7-15-21-20-11(4)26-15/h5-6H,7H2,1-4H3. The Morgan fingerprint density at radius 1 is 1.11 bits per heavy atom. The van der Waals surface area contributed by atoms with Crippen LogP contribution in [-0.4, -0.2) is 26.3 Å². The Hall–Kier alpha value is -3.49. The molecule has 0 saturated heterocycles. The number of hydrogen-bond acceptors (Lipinski definition) is 9. The number of carbonyl (C=O) groups excluding carboxylic acids is 1. The van der Waals surface area contributed by atoms with Crippen LogP contribution in [0, 0.1) is 27.7 Å². The maximum absolute atomic E-state index is 12.7. The van der Waals surface area contributed by atoms with Gasteiger partial charge in [0.25, 0.3) is 11.6 Å². The van der Waals surface area contributed by atoms with E-state index in [-0.39, 0.29) is 18.2 Å². The molecule has 138 valence electrons. The fourth-order valence-corrected chi connectivity index (χ4v) is 2.88. The Morgan fingerprint density at radius 3 is 2.59 bits per heavy atom. The summed E-state index contributed by atoms with van der Waals surface area (Å²) in [6.45, 7) is 6.93. The second-order valence-corrected chi connectivity index (χ2v) is 6.12. The fourth-order valence-electron chi connectivity index (χ4n) is 2.88. The second kappa shape index (κ2) is 6.35. The highest BCUT2D eigenvalue weighted by Gasteiger charge is 2.22. The minimum atomic E-state index is -0.566. The van der Waals surface area contributed by atoms with Gasteiger partial charge in [-0.15, -0.1) is 10.2 Å². The smallest absolute Gasteiger partial charge is 0.339 e. The highest BCUT2D eigenvalue weighted by molar-refractivity contribution is 6.04. The van der Waals surface area contributed by atoms with Gasteiger partial charge in [-0.25, -0.2) is 9.78 Å². The van der Waals surface area contributed by atoms with E-state index in [1.54, 1.807) is 19.9 Å². The first-order valence-electron chi connectivity index (χ1n) is 8.23. The van der Waals surface area contributed by atoms with Crippen molar-refractivity contribution < 1.29 is 22.9 Å². The number of fused-ring (bicyclic) bond motifs is 1. The Bertz CT molecular complexity index is 1150. The van der Waals surface area contributed by atoms with Gasteiger partial charge in [0.15, 0.2) is 6.61 Å². The van der Waals surface area contributed by atoms with Crippen LogP contribution in [0.3, 0.4) is 0 Å². The summed E-state index contributed by atoms with van der Waals surface area (Å²) in [5.41, 5.74) is 2.40. The number of esters is 1. The van der Waals surface area contributed by atoms with Gasteiger partial charge in [-0.3, -0.25) is 0 Å². The molecule has 0 amide bonds. The zero-order valence-corrected chi connectivity index (χ0v) is 15.2. The van der Waals surface area contributed by atoms with Crippen LogP contribution in [0.25, 0.3) is 22.4 Å². The van der Waals surface area contributed by atoms with Crippen molar-refractivity contribution in [2.24, 2.45) is 0 Å². The van der Waals surface area contributed by atoms with E-state index in [0.29, 0.717) is 34.0 Å². The highest BCUT2D eigenvalue weighted by atomic mass is 16.5. The average Bonchev–Trinajstić information content (AvgIpc) is 3.31. The third kappa shape index (κ3) is 3.07. The number of aromatic nitrogens is 4. The van der Waals surface area contributed by atoms with Gasteiger partial charge in [0.05, 0.1) is 22.3 Å². The molecule has 0 fully saturated rings. The molecule has 0 aromatic carbocycles. The number of aryl methyl sites for hydroxylation is 4. The molecule has 4 heterocycles. The molecular weight excluding hydrogens is 352 g/mol. The second-order valence-electron chi connectivity index (χ2n) is 6.12. The zero-order valence-electron chi connectivity index (χ0n) is 15.2. The number of furan rings is 1. The highest BCUT2D eigenvalue weighted by Crippen LogP contribution is 2.30. The maximum atomic E-state index is 12.7. The van der Waals surface area contributed by atoms with Crippen LogP contribution in [0.4, 0.5) is 0 Å². The summed E-state index contributed by atoms with van der Waals surface area (Å²) in [5.74, 6) is 1.49. The largest absolute Gasteiger partial charge is 0.466 e. The monoisotopic (exact) mass is 368 g/mol. The lowest BCUT2D eigenvalue weighted by molar-refractivity contribution is 0.0439. The molecule has 0 radical (unpaired) electrons. The van der Waals surface area contributed by atoms with E-state index < -0.39 is 5.97 Å². The van der Waals surface area contributed by atoms with Crippen LogP contribution in [0.15, 0.2) is 25.5 Å². The maximum Gasteiger partial charge on any atom is 0.339 e. The van der Waals surface area contributed by atoms with Crippen LogP contribution in [-0.2, 0) is 11.3 Å². The van der Waals surface area contributed by atoms with Crippen molar-refractivity contribution in [3.63, 3.8) is 0 Å². The fraction of sp³-hybridized carbons (Fsp3) is 0.278. The minimum absolute atomic E-state index is 0.132. The quantitative estimate of drug-likeness (QED) is 0.499. The van der Waals surface area contributed by atoms with Crippen LogP contribution in [0.2, 0.25) is 0 Å². The van der Waals surface area contributed by atoms with E-state index in [0.717, 1.165) is 11.3 Å². The molecule has 0 aliphatic rings. The number of carbonyl (C=O) groups is 1. The molecule has 4 rings (SSSR count). The van der Waals surface area contributed by atoms with Crippen LogP contribution in [0.1, 0.15) is 39.4 Å². The number of pyridine rings is 1. The van der Waals surface area contributed by atoms with E-state index in [4.69, 9.17) is 18.1 Å². The molecule has 0 aliphatic heterocycles. The van der Waals surface area contributed by atoms with Crippen molar-refractivity contribution >= 4 is 17.1 Å². The van der Waals surface area contributed by atoms with Crippen LogP contribution in [0.5, 0.6) is 0 Å². The van der Waals surface area contributed by atoms with Gasteiger partial charge >= 0.3 is 5.97 Å². The lowest BCUT2D eigenvalue weighted by atomic mass is 10.1. The van der Waals surface area contributed by atoms with Crippen LogP contribution < -0.4 is 0 Å². The molecule has 4 aromatic heterocycles. The lowest BCUT2D eigenvalue weighted by Crippen LogP contribution is -2.07. The molecular formula is C18H16N4O5. The van der Waals surface area contributed by atoms with Crippen molar-refractivity contribution in [2.75, 3.05) is 0 Å². The summed E-state index contributed by atoms with van der Waals surface area (Å²) in [5, 5.41) is 11.9. The molecule has 0 atom stereocenters. The van der Waals surface area contributed by atoms with Gasteiger partial charge in [0, 0.05) is 12.5 Å². The van der Waals surface area contributed by atoms with E-state index in [9.17, 15) is 4.79 Å². The van der Waals surface area contributed by atoms with Crippen molar-refractivity contribution in [2.45, 2.75) is 34.3 Å². The van der Waals surface area contributed by atoms with Crippen molar-refractivity contribution in [1.29, 1.82) is 0 Å². The van der Waals surface area contributed by atoms with Gasteiger partial charge in [0.2, 0.25) is 5.89 Å². The molecule has 0 saturated carbocycles. The predicted molar refractivity (Wildman–Crippen MR) is 91.9 cm³/mol. The minimum Gasteiger partial charge on any atom is -0.466 e. The molecule has 0 spiro atoms. The molecule has 0 N–H and O–H groups in total. The van der Waals surface area contributed by atoms with Crippen molar-refractivity contribution in [1.82, 2.24) is 20.3 Å². The molecule has 27 heavy (non-hydrogen) atoms. The average molecular weight is 368 g/mol. The summed E-state index contributed by atoms with van der Waals surface area (Å²) in [4.78, 5) is 17.2. The zero-order chi connectivity index (χ0) is 19.1. The summed E-state index contributed by atoms with van der Waals surface area (Å²) < 4.78 is 21.4. The number of ether oxygens (including phenoxy) is 1. The van der Waals surface area contributed by atoms with E-state index in [2.05, 4.69) is 20.3 Å². The third-order valence-electron chi connectivity index (χ3n) is 4.05. The van der Waals surface area contributed by atoms with Crippen LogP contribution >= 0.6 is 0 Å². The van der Waals surface area contributed by atoms with Gasteiger partial charge in [-0.2, -0.15) is 0 Å². The summed E-state index contributed by atoms with van der Waals surface area (Å²) in [7, 11) is 0. The number of nitrogens with zero attached hydrogens (tertiary/aromatic N) is 4. The molecule has 4 aromatic rings. The molecule has 0 bridgehead atoms. The lowest BCUT2D eigenvalue weighted by Gasteiger charge is -2.06. The first kappa shape index (κ1) is 17.0. The predicted octanol–water partition coefficient (Wildman–Crippen LogP) is 3.46. The van der Waals surface area contributed by atoms with E-state index >= 15 is 0 Å². The Morgan fingerprint density at radius 2 is 1.93 bits per heavy atom. The van der Waals surface area contributed by atoms with Crippen molar-refractivity contribution in [3.05, 3.63) is 46.7 Å². The Balaban J connectivity index is 1.74. The van der Waals surface area contributed by atoms with E-state index in [1.807, 2.05) is 19.9 Å². The first-order chi connectivity index (χ1) is 12.9. The molecule has 9 heteroatoms. The third-order valence-corrected chi connectivity index (χ3v) is 4.05. The topological polar surface area (TPSA) is 117 Å². The molecule has 0 aliphatic carbocycles. The normalized spacial score (nSPS) is 11.3. The van der Waals surface area contributed by atoms with Gasteiger partial charge < -0.3 is 18.1 Å².